The third kappa shape index (κ3) is 3.77. The van der Waals surface area contributed by atoms with Crippen LogP contribution in [-0.2, 0) is 19.4 Å². The monoisotopic (exact) mass is 413 g/mol. The molecule has 4 heterocycles. The van der Waals surface area contributed by atoms with E-state index < -0.39 is 5.69 Å². The summed E-state index contributed by atoms with van der Waals surface area (Å²) in [7, 11) is 0. The minimum Gasteiger partial charge on any atom is -0.419 e. The number of nitrogens with one attached hydrogen (secondary N) is 1. The molecule has 0 bridgehead atoms. The van der Waals surface area contributed by atoms with Gasteiger partial charge in [0.1, 0.15) is 5.82 Å². The molecular formula is C19H23N7O2S. The number of hydrogen-bond donors (Lipinski definition) is 2. The molecule has 3 aromatic rings. The number of anilines is 2. The van der Waals surface area contributed by atoms with Crippen molar-refractivity contribution in [2.24, 2.45) is 0 Å². The van der Waals surface area contributed by atoms with E-state index >= 15 is 0 Å². The van der Waals surface area contributed by atoms with Gasteiger partial charge in [-0.15, -0.1) is 21.5 Å². The number of rotatable bonds is 4. The molecule has 0 amide bonds. The molecule has 0 saturated carbocycles. The fourth-order valence-corrected chi connectivity index (χ4v) is 5.18. The lowest BCUT2D eigenvalue weighted by Crippen LogP contribution is -2.46. The number of piperazine rings is 1. The van der Waals surface area contributed by atoms with Gasteiger partial charge in [-0.25, -0.2) is 4.79 Å². The first-order valence-electron chi connectivity index (χ1n) is 9.92. The van der Waals surface area contributed by atoms with Crippen LogP contribution in [0.4, 0.5) is 11.5 Å². The molecule has 0 unspecified atom stereocenters. The maximum Gasteiger partial charge on any atom is 0.346 e. The van der Waals surface area contributed by atoms with E-state index in [0.29, 0.717) is 24.1 Å². The SMILES string of the molecule is Nc1[nH]c(=O)ncc1N1CCN(Cc2nnc(-c3cc4c(s3)CCCC4)o2)CC1. The van der Waals surface area contributed by atoms with Gasteiger partial charge in [-0.2, -0.15) is 4.98 Å². The zero-order chi connectivity index (χ0) is 19.8. The molecule has 1 aliphatic heterocycles. The summed E-state index contributed by atoms with van der Waals surface area (Å²) in [4.78, 5) is 24.5. The minimum atomic E-state index is -0.427. The fourth-order valence-electron chi connectivity index (χ4n) is 4.00. The zero-order valence-corrected chi connectivity index (χ0v) is 16.9. The van der Waals surface area contributed by atoms with Crippen molar-refractivity contribution in [1.82, 2.24) is 25.1 Å². The summed E-state index contributed by atoms with van der Waals surface area (Å²) in [6.07, 6.45) is 6.40. The normalized spacial score (nSPS) is 17.4. The smallest absolute Gasteiger partial charge is 0.346 e. The number of nitrogens with zero attached hydrogens (tertiary/aromatic N) is 5. The van der Waals surface area contributed by atoms with Crippen molar-refractivity contribution in [3.63, 3.8) is 0 Å². The Morgan fingerprint density at radius 3 is 2.79 bits per heavy atom. The highest BCUT2D eigenvalue weighted by Gasteiger charge is 2.22. The highest BCUT2D eigenvalue weighted by atomic mass is 32.1. The van der Waals surface area contributed by atoms with Crippen LogP contribution in [0.15, 0.2) is 21.5 Å². The predicted molar refractivity (Wildman–Crippen MR) is 111 cm³/mol. The van der Waals surface area contributed by atoms with Gasteiger partial charge in [0.2, 0.25) is 5.89 Å². The molecule has 9 nitrogen and oxygen atoms in total. The van der Waals surface area contributed by atoms with Crippen LogP contribution in [0.5, 0.6) is 0 Å². The Hall–Kier alpha value is -2.72. The molecule has 3 N–H and O–H groups in total. The summed E-state index contributed by atoms with van der Waals surface area (Å²) in [6, 6.07) is 2.22. The van der Waals surface area contributed by atoms with Crippen molar-refractivity contribution in [2.75, 3.05) is 36.8 Å². The van der Waals surface area contributed by atoms with Crippen molar-refractivity contribution in [2.45, 2.75) is 32.2 Å². The van der Waals surface area contributed by atoms with Crippen LogP contribution in [0.3, 0.4) is 0 Å². The average Bonchev–Trinajstić information content (AvgIpc) is 3.35. The van der Waals surface area contributed by atoms with E-state index in [-0.39, 0.29) is 0 Å². The molecule has 2 aliphatic rings. The Morgan fingerprint density at radius 1 is 1.17 bits per heavy atom. The van der Waals surface area contributed by atoms with E-state index in [1.165, 1.54) is 35.9 Å². The average molecular weight is 414 g/mol. The molecule has 152 valence electrons. The van der Waals surface area contributed by atoms with Crippen LogP contribution in [0, 0.1) is 0 Å². The summed E-state index contributed by atoms with van der Waals surface area (Å²) in [5.41, 5.74) is 7.71. The van der Waals surface area contributed by atoms with Gasteiger partial charge in [0.05, 0.1) is 23.3 Å². The Bertz CT molecular complexity index is 1040. The van der Waals surface area contributed by atoms with Gasteiger partial charge in [-0.3, -0.25) is 9.88 Å². The Kier molecular flexibility index (Phi) is 4.80. The number of H-pyrrole nitrogens is 1. The number of aryl methyl sites for hydroxylation is 2. The van der Waals surface area contributed by atoms with Gasteiger partial charge in [-0.1, -0.05) is 0 Å². The van der Waals surface area contributed by atoms with Gasteiger partial charge in [0, 0.05) is 31.1 Å². The topological polar surface area (TPSA) is 117 Å². The van der Waals surface area contributed by atoms with Crippen molar-refractivity contribution in [1.29, 1.82) is 0 Å². The van der Waals surface area contributed by atoms with Crippen LogP contribution in [0.1, 0.15) is 29.2 Å². The predicted octanol–water partition coefficient (Wildman–Crippen LogP) is 1.66. The molecular weight excluding hydrogens is 390 g/mol. The summed E-state index contributed by atoms with van der Waals surface area (Å²) >= 11 is 1.79. The first-order chi connectivity index (χ1) is 14.2. The molecule has 3 aromatic heterocycles. The highest BCUT2D eigenvalue weighted by molar-refractivity contribution is 7.15. The number of nitrogen functional groups attached to an aromatic ring is 1. The van der Waals surface area contributed by atoms with Crippen LogP contribution < -0.4 is 16.3 Å². The van der Waals surface area contributed by atoms with Gasteiger partial charge < -0.3 is 15.1 Å². The lowest BCUT2D eigenvalue weighted by molar-refractivity contribution is 0.227. The second-order valence-corrected chi connectivity index (χ2v) is 8.65. The Labute approximate surface area is 171 Å². The number of hydrogen-bond acceptors (Lipinski definition) is 9. The number of fused-ring (bicyclic) bond motifs is 1. The highest BCUT2D eigenvalue weighted by Crippen LogP contribution is 2.35. The molecule has 5 rings (SSSR count). The van der Waals surface area contributed by atoms with Crippen molar-refractivity contribution >= 4 is 22.8 Å². The Morgan fingerprint density at radius 2 is 2.00 bits per heavy atom. The van der Waals surface area contributed by atoms with Crippen LogP contribution in [0.25, 0.3) is 10.8 Å². The second-order valence-electron chi connectivity index (χ2n) is 7.52. The van der Waals surface area contributed by atoms with Crippen LogP contribution >= 0.6 is 11.3 Å². The molecule has 0 atom stereocenters. The van der Waals surface area contributed by atoms with Crippen molar-refractivity contribution in [3.05, 3.63) is 39.1 Å². The van der Waals surface area contributed by atoms with E-state index in [1.807, 2.05) is 0 Å². The third-order valence-electron chi connectivity index (χ3n) is 5.57. The van der Waals surface area contributed by atoms with Crippen molar-refractivity contribution in [3.8, 4) is 10.8 Å². The van der Waals surface area contributed by atoms with E-state index in [1.54, 1.807) is 11.3 Å². The summed E-state index contributed by atoms with van der Waals surface area (Å²) < 4.78 is 5.96. The lowest BCUT2D eigenvalue weighted by Gasteiger charge is -2.35. The molecule has 0 aromatic carbocycles. The van der Waals surface area contributed by atoms with Crippen LogP contribution in [0.2, 0.25) is 0 Å². The molecule has 1 aliphatic carbocycles. The van der Waals surface area contributed by atoms with Gasteiger partial charge >= 0.3 is 5.69 Å². The van der Waals surface area contributed by atoms with Crippen LogP contribution in [-0.4, -0.2) is 51.2 Å². The summed E-state index contributed by atoms with van der Waals surface area (Å²) in [5, 5.41) is 8.53. The number of aromatic amines is 1. The molecule has 10 heteroatoms. The van der Waals surface area contributed by atoms with Gasteiger partial charge in [-0.05, 0) is 37.3 Å². The van der Waals surface area contributed by atoms with Crippen molar-refractivity contribution < 1.29 is 4.42 Å². The largest absolute Gasteiger partial charge is 0.419 e. The number of aromatic nitrogens is 4. The Balaban J connectivity index is 1.21. The van der Waals surface area contributed by atoms with E-state index in [0.717, 1.165) is 43.2 Å². The maximum atomic E-state index is 11.2. The van der Waals surface area contributed by atoms with E-state index in [9.17, 15) is 4.79 Å². The first kappa shape index (κ1) is 18.3. The number of thiophene rings is 1. The van der Waals surface area contributed by atoms with E-state index in [2.05, 4.69) is 36.0 Å². The molecule has 1 saturated heterocycles. The van der Waals surface area contributed by atoms with E-state index in [4.69, 9.17) is 10.2 Å². The maximum absolute atomic E-state index is 11.2. The third-order valence-corrected chi connectivity index (χ3v) is 6.79. The number of nitrogens with two attached hydrogens (primary N) is 1. The minimum absolute atomic E-state index is 0.360. The molecule has 1 fully saturated rings. The first-order valence-corrected chi connectivity index (χ1v) is 10.7. The molecule has 0 spiro atoms. The lowest BCUT2D eigenvalue weighted by atomic mass is 9.99. The standard InChI is InChI=1S/C19H23N7O2S/c20-17-13(10-21-19(27)22-17)26-7-5-25(6-8-26)11-16-23-24-18(28-16)15-9-12-3-1-2-4-14(12)29-15/h9-10H,1-8,11H2,(H3,20,21,22,27). The summed E-state index contributed by atoms with van der Waals surface area (Å²) in [5.74, 6) is 1.63. The molecule has 29 heavy (non-hydrogen) atoms. The van der Waals surface area contributed by atoms with Gasteiger partial charge in [0.15, 0.2) is 0 Å². The quantitative estimate of drug-likeness (QED) is 0.663. The zero-order valence-electron chi connectivity index (χ0n) is 16.1. The molecule has 0 radical (unpaired) electrons. The summed E-state index contributed by atoms with van der Waals surface area (Å²) in [6.45, 7) is 3.88. The fraction of sp³-hybridized carbons (Fsp3) is 0.474. The second kappa shape index (κ2) is 7.60. The van der Waals surface area contributed by atoms with Gasteiger partial charge in [0.25, 0.3) is 5.89 Å².